The van der Waals surface area contributed by atoms with Crippen molar-refractivity contribution in [3.05, 3.63) is 88.9 Å². The Morgan fingerprint density at radius 2 is 1.41 bits per heavy atom. The Hall–Kier alpha value is -2.54. The van der Waals surface area contributed by atoms with Crippen molar-refractivity contribution in [2.45, 2.75) is 4.90 Å². The first-order valence-corrected chi connectivity index (χ1v) is 10.8. The number of hydrogen-bond donors (Lipinski definition) is 0. The van der Waals surface area contributed by atoms with Crippen LogP contribution in [0.1, 0.15) is 0 Å². The van der Waals surface area contributed by atoms with E-state index in [1.165, 1.54) is 35.2 Å². The minimum Gasteiger partial charge on any atom is -0.314 e. The first-order chi connectivity index (χ1) is 13.8. The molecule has 0 aliphatic rings. The number of halogens is 2. The Morgan fingerprint density at radius 1 is 0.828 bits per heavy atom. The highest BCUT2D eigenvalue weighted by molar-refractivity contribution is 7.92. The Bertz CT molecular complexity index is 1110. The lowest BCUT2D eigenvalue weighted by atomic mass is 10.3. The van der Waals surface area contributed by atoms with E-state index in [-0.39, 0.29) is 15.6 Å². The van der Waals surface area contributed by atoms with E-state index in [1.54, 1.807) is 49.5 Å². The topological polar surface area (TPSA) is 57.7 Å². The van der Waals surface area contributed by atoms with Gasteiger partial charge in [0.15, 0.2) is 0 Å². The van der Waals surface area contributed by atoms with Crippen LogP contribution in [-0.4, -0.2) is 27.9 Å². The summed E-state index contributed by atoms with van der Waals surface area (Å²) < 4.78 is 27.6. The van der Waals surface area contributed by atoms with Gasteiger partial charge in [-0.15, -0.1) is 0 Å². The molecule has 3 aromatic carbocycles. The fourth-order valence-electron chi connectivity index (χ4n) is 2.70. The summed E-state index contributed by atoms with van der Waals surface area (Å²) in [4.78, 5) is 14.4. The number of rotatable bonds is 6. The van der Waals surface area contributed by atoms with Crippen LogP contribution in [0, 0.1) is 0 Å². The smallest absolute Gasteiger partial charge is 0.264 e. The van der Waals surface area contributed by atoms with Crippen LogP contribution >= 0.6 is 23.2 Å². The molecule has 0 saturated heterocycles. The van der Waals surface area contributed by atoms with E-state index in [9.17, 15) is 13.2 Å². The van der Waals surface area contributed by atoms with Crippen LogP contribution in [0.15, 0.2) is 83.8 Å². The Kier molecular flexibility index (Phi) is 6.47. The normalized spacial score (nSPS) is 11.1. The first-order valence-electron chi connectivity index (χ1n) is 8.65. The second-order valence-electron chi connectivity index (χ2n) is 6.21. The van der Waals surface area contributed by atoms with Gasteiger partial charge in [0, 0.05) is 12.7 Å². The predicted molar refractivity (Wildman–Crippen MR) is 117 cm³/mol. The van der Waals surface area contributed by atoms with E-state index < -0.39 is 22.5 Å². The van der Waals surface area contributed by atoms with Gasteiger partial charge in [-0.05, 0) is 42.5 Å². The van der Waals surface area contributed by atoms with Crippen LogP contribution in [-0.2, 0) is 14.8 Å². The van der Waals surface area contributed by atoms with E-state index in [1.807, 2.05) is 6.07 Å². The molecule has 8 heteroatoms. The van der Waals surface area contributed by atoms with Crippen molar-refractivity contribution in [1.82, 2.24) is 0 Å². The quantitative estimate of drug-likeness (QED) is 0.541. The summed E-state index contributed by atoms with van der Waals surface area (Å²) in [5.41, 5.74) is 0.904. The van der Waals surface area contributed by atoms with Crippen LogP contribution in [0.2, 0.25) is 10.0 Å². The molecular formula is C21H18Cl2N2O3S. The summed E-state index contributed by atoms with van der Waals surface area (Å²) in [6.45, 7) is -0.402. The fourth-order valence-corrected chi connectivity index (χ4v) is 4.42. The molecule has 0 atom stereocenters. The number of sulfonamides is 1. The molecule has 3 rings (SSSR count). The molecule has 5 nitrogen and oxygen atoms in total. The molecule has 0 aliphatic heterocycles. The van der Waals surface area contributed by atoms with Crippen LogP contribution in [0.3, 0.4) is 0 Å². The lowest BCUT2D eigenvalue weighted by Crippen LogP contribution is -2.41. The van der Waals surface area contributed by atoms with Crippen molar-refractivity contribution < 1.29 is 13.2 Å². The summed E-state index contributed by atoms with van der Waals surface area (Å²) in [7, 11) is -2.41. The number of nitrogens with zero attached hydrogens (tertiary/aromatic N) is 2. The number of anilines is 2. The highest BCUT2D eigenvalue weighted by Gasteiger charge is 2.28. The minimum atomic E-state index is -4.01. The molecule has 0 saturated carbocycles. The Morgan fingerprint density at radius 3 is 2.00 bits per heavy atom. The van der Waals surface area contributed by atoms with Gasteiger partial charge in [0.1, 0.15) is 6.54 Å². The molecule has 0 unspecified atom stereocenters. The van der Waals surface area contributed by atoms with Crippen LogP contribution in [0.25, 0.3) is 0 Å². The summed E-state index contributed by atoms with van der Waals surface area (Å²) in [5, 5.41) is 0.487. The van der Waals surface area contributed by atoms with Gasteiger partial charge in [0.2, 0.25) is 5.91 Å². The van der Waals surface area contributed by atoms with Crippen LogP contribution in [0.5, 0.6) is 0 Å². The Labute approximate surface area is 180 Å². The van der Waals surface area contributed by atoms with Crippen LogP contribution in [0.4, 0.5) is 11.4 Å². The number of benzene rings is 3. The average Bonchev–Trinajstić information content (AvgIpc) is 2.74. The Balaban J connectivity index is 2.01. The zero-order valence-corrected chi connectivity index (χ0v) is 17.8. The summed E-state index contributed by atoms with van der Waals surface area (Å²) in [6, 6.07) is 21.3. The SMILES string of the molecule is CN(C(=O)CN(c1ccc(Cl)c(Cl)c1)S(=O)(=O)c1ccccc1)c1ccccc1. The van der Waals surface area contributed by atoms with E-state index in [2.05, 4.69) is 0 Å². The van der Waals surface area contributed by atoms with Crippen molar-refractivity contribution in [1.29, 1.82) is 0 Å². The van der Waals surface area contributed by atoms with Gasteiger partial charge >= 0.3 is 0 Å². The summed E-state index contributed by atoms with van der Waals surface area (Å²) >= 11 is 12.1. The van der Waals surface area contributed by atoms with Gasteiger partial charge in [-0.1, -0.05) is 59.6 Å². The third-order valence-electron chi connectivity index (χ3n) is 4.32. The van der Waals surface area contributed by atoms with Gasteiger partial charge in [-0.3, -0.25) is 9.10 Å². The first kappa shape index (κ1) is 21.2. The van der Waals surface area contributed by atoms with Crippen molar-refractivity contribution in [2.75, 3.05) is 22.8 Å². The summed E-state index contributed by atoms with van der Waals surface area (Å²) in [5.74, 6) is -0.401. The van der Waals surface area contributed by atoms with E-state index in [0.717, 1.165) is 4.31 Å². The molecule has 1 amide bonds. The lowest BCUT2D eigenvalue weighted by Gasteiger charge is -2.27. The molecule has 3 aromatic rings. The number of likely N-dealkylation sites (N-methyl/N-ethyl adjacent to an activating group) is 1. The standard InChI is InChI=1S/C21H18Cl2N2O3S/c1-24(16-8-4-2-5-9-16)21(26)15-25(17-12-13-19(22)20(23)14-17)29(27,28)18-10-6-3-7-11-18/h2-14H,15H2,1H3. The number of carbonyl (C=O) groups excluding carboxylic acids is 1. The molecular weight excluding hydrogens is 431 g/mol. The minimum absolute atomic E-state index is 0.0706. The van der Waals surface area contributed by atoms with Crippen molar-refractivity contribution in [3.63, 3.8) is 0 Å². The largest absolute Gasteiger partial charge is 0.314 e. The third-order valence-corrected chi connectivity index (χ3v) is 6.85. The zero-order chi connectivity index (χ0) is 21.0. The number of carbonyl (C=O) groups is 1. The molecule has 0 bridgehead atoms. The molecule has 0 N–H and O–H groups in total. The average molecular weight is 449 g/mol. The van der Waals surface area contributed by atoms with Gasteiger partial charge in [-0.25, -0.2) is 8.42 Å². The molecule has 150 valence electrons. The zero-order valence-electron chi connectivity index (χ0n) is 15.5. The maximum Gasteiger partial charge on any atom is 0.264 e. The van der Waals surface area contributed by atoms with Gasteiger partial charge in [0.25, 0.3) is 10.0 Å². The maximum absolute atomic E-state index is 13.3. The fraction of sp³-hybridized carbons (Fsp3) is 0.0952. The van der Waals surface area contributed by atoms with E-state index in [4.69, 9.17) is 23.2 Å². The maximum atomic E-state index is 13.3. The van der Waals surface area contributed by atoms with Gasteiger partial charge < -0.3 is 4.90 Å². The number of amides is 1. The number of para-hydroxylation sites is 1. The van der Waals surface area contributed by atoms with E-state index >= 15 is 0 Å². The molecule has 0 radical (unpaired) electrons. The predicted octanol–water partition coefficient (Wildman–Crippen LogP) is 4.85. The van der Waals surface area contributed by atoms with Crippen molar-refractivity contribution in [2.24, 2.45) is 0 Å². The van der Waals surface area contributed by atoms with Crippen LogP contribution < -0.4 is 9.21 Å². The molecule has 29 heavy (non-hydrogen) atoms. The highest BCUT2D eigenvalue weighted by Crippen LogP contribution is 2.30. The lowest BCUT2D eigenvalue weighted by molar-refractivity contribution is -0.116. The second-order valence-corrected chi connectivity index (χ2v) is 8.89. The monoisotopic (exact) mass is 448 g/mol. The van der Waals surface area contributed by atoms with Gasteiger partial charge in [-0.2, -0.15) is 0 Å². The van der Waals surface area contributed by atoms with E-state index in [0.29, 0.717) is 10.7 Å². The molecule has 0 spiro atoms. The molecule has 0 fully saturated rings. The summed E-state index contributed by atoms with van der Waals surface area (Å²) in [6.07, 6.45) is 0. The van der Waals surface area contributed by atoms with Crippen molar-refractivity contribution >= 4 is 50.5 Å². The molecule has 0 aliphatic carbocycles. The third kappa shape index (κ3) is 4.72. The van der Waals surface area contributed by atoms with Crippen molar-refractivity contribution in [3.8, 4) is 0 Å². The molecule has 0 aromatic heterocycles. The van der Waals surface area contributed by atoms with Gasteiger partial charge in [0.05, 0.1) is 20.6 Å². The molecule has 0 heterocycles. The highest BCUT2D eigenvalue weighted by atomic mass is 35.5. The second kappa shape index (κ2) is 8.86. The number of hydrogen-bond acceptors (Lipinski definition) is 3.